The van der Waals surface area contributed by atoms with E-state index >= 15 is 0 Å². The van der Waals surface area contributed by atoms with Crippen molar-refractivity contribution in [1.82, 2.24) is 10.1 Å². The van der Waals surface area contributed by atoms with Crippen LogP contribution in [0.3, 0.4) is 0 Å². The lowest BCUT2D eigenvalue weighted by Crippen LogP contribution is -2.12. The van der Waals surface area contributed by atoms with E-state index in [1.54, 1.807) is 31.2 Å². The van der Waals surface area contributed by atoms with Crippen LogP contribution >= 0.6 is 0 Å². The maximum Gasteiger partial charge on any atom is 0.471 e. The Bertz CT molecular complexity index is 738. The molecule has 0 spiro atoms. The Morgan fingerprint density at radius 3 is 2.75 bits per heavy atom. The number of hydrogen-bond acceptors (Lipinski definition) is 5. The summed E-state index contributed by atoms with van der Waals surface area (Å²) in [7, 11) is 0. The van der Waals surface area contributed by atoms with Crippen molar-refractivity contribution in [2.75, 3.05) is 13.2 Å². The summed E-state index contributed by atoms with van der Waals surface area (Å²) in [5, 5.41) is 3.33. The van der Waals surface area contributed by atoms with Crippen molar-refractivity contribution in [3.8, 4) is 11.4 Å². The van der Waals surface area contributed by atoms with Crippen LogP contribution in [0.25, 0.3) is 11.4 Å². The monoisotopic (exact) mass is 340 g/mol. The zero-order chi connectivity index (χ0) is 17.7. The molecule has 2 aromatic rings. The molecule has 1 heterocycles. The first-order valence-corrected chi connectivity index (χ1v) is 7.02. The van der Waals surface area contributed by atoms with Gasteiger partial charge in [0.2, 0.25) is 5.82 Å². The number of ketones is 1. The Balaban J connectivity index is 2.10. The second kappa shape index (κ2) is 7.39. The molecular weight excluding hydrogens is 325 g/mol. The van der Waals surface area contributed by atoms with E-state index in [0.717, 1.165) is 11.1 Å². The van der Waals surface area contributed by atoms with Crippen LogP contribution in [0.5, 0.6) is 0 Å². The number of carbonyl (C=O) groups is 1. The quantitative estimate of drug-likeness (QED) is 0.571. The summed E-state index contributed by atoms with van der Waals surface area (Å²) >= 11 is 0. The number of nitrogens with zero attached hydrogens (tertiary/aromatic N) is 2. The SMILES string of the molecule is C=CCOCC(=O)Cc1ccc(-c2noc(C(F)(F)F)n2)cc1C. The Kier molecular flexibility index (Phi) is 5.50. The van der Waals surface area contributed by atoms with Gasteiger partial charge in [0.1, 0.15) is 6.61 Å². The van der Waals surface area contributed by atoms with Crippen molar-refractivity contribution >= 4 is 5.78 Å². The number of ether oxygens (including phenoxy) is 1. The van der Waals surface area contributed by atoms with Crippen LogP contribution in [0.4, 0.5) is 13.2 Å². The Hall–Kier alpha value is -2.48. The molecule has 0 unspecified atom stereocenters. The number of benzene rings is 1. The molecule has 0 saturated heterocycles. The smallest absolute Gasteiger partial charge is 0.370 e. The molecule has 2 rings (SSSR count). The summed E-state index contributed by atoms with van der Waals surface area (Å²) in [5.41, 5.74) is 1.87. The average molecular weight is 340 g/mol. The zero-order valence-electron chi connectivity index (χ0n) is 12.9. The molecule has 1 aromatic heterocycles. The number of hydrogen-bond donors (Lipinski definition) is 0. The second-order valence-electron chi connectivity index (χ2n) is 5.08. The number of aromatic nitrogens is 2. The molecule has 0 aliphatic carbocycles. The lowest BCUT2D eigenvalue weighted by atomic mass is 10.0. The highest BCUT2D eigenvalue weighted by molar-refractivity contribution is 5.82. The molecule has 5 nitrogen and oxygen atoms in total. The molecule has 0 radical (unpaired) electrons. The van der Waals surface area contributed by atoms with Gasteiger partial charge in [0, 0.05) is 12.0 Å². The molecule has 0 saturated carbocycles. The van der Waals surface area contributed by atoms with Crippen molar-refractivity contribution in [3.05, 3.63) is 47.9 Å². The largest absolute Gasteiger partial charge is 0.471 e. The van der Waals surface area contributed by atoms with E-state index in [4.69, 9.17) is 4.74 Å². The van der Waals surface area contributed by atoms with Crippen LogP contribution in [-0.2, 0) is 22.1 Å². The Morgan fingerprint density at radius 1 is 1.42 bits per heavy atom. The normalized spacial score (nSPS) is 11.5. The summed E-state index contributed by atoms with van der Waals surface area (Å²) in [4.78, 5) is 15.1. The van der Waals surface area contributed by atoms with Gasteiger partial charge in [-0.2, -0.15) is 18.2 Å². The Morgan fingerprint density at radius 2 is 2.17 bits per heavy atom. The number of carbonyl (C=O) groups excluding carboxylic acids is 1. The maximum atomic E-state index is 12.5. The van der Waals surface area contributed by atoms with Gasteiger partial charge >= 0.3 is 12.1 Å². The summed E-state index contributed by atoms with van der Waals surface area (Å²) in [6.45, 7) is 5.51. The first kappa shape index (κ1) is 17.9. The topological polar surface area (TPSA) is 65.2 Å². The standard InChI is InChI=1S/C16H15F3N2O3/c1-3-6-23-9-13(22)8-11-4-5-12(7-10(11)2)14-20-15(24-21-14)16(17,18)19/h3-5,7H,1,6,8-9H2,2H3. The van der Waals surface area contributed by atoms with Crippen LogP contribution in [0.2, 0.25) is 0 Å². The third-order valence-electron chi connectivity index (χ3n) is 3.16. The summed E-state index contributed by atoms with van der Waals surface area (Å²) in [6, 6.07) is 4.81. The van der Waals surface area contributed by atoms with E-state index in [2.05, 4.69) is 21.2 Å². The van der Waals surface area contributed by atoms with E-state index < -0.39 is 12.1 Å². The summed E-state index contributed by atoms with van der Waals surface area (Å²) < 4.78 is 46.7. The van der Waals surface area contributed by atoms with Gasteiger partial charge in [-0.3, -0.25) is 4.79 Å². The molecule has 1 aromatic carbocycles. The van der Waals surface area contributed by atoms with E-state index in [1.807, 2.05) is 0 Å². The third kappa shape index (κ3) is 4.51. The van der Waals surface area contributed by atoms with Gasteiger partial charge in [-0.1, -0.05) is 23.4 Å². The molecule has 0 bridgehead atoms. The van der Waals surface area contributed by atoms with Crippen molar-refractivity contribution in [3.63, 3.8) is 0 Å². The van der Waals surface area contributed by atoms with E-state index in [0.29, 0.717) is 12.2 Å². The molecule has 0 aliphatic heterocycles. The number of Topliss-reactive ketones (excluding diaryl/α,β-unsaturated/α-hetero) is 1. The maximum absolute atomic E-state index is 12.5. The highest BCUT2D eigenvalue weighted by atomic mass is 19.4. The van der Waals surface area contributed by atoms with E-state index in [1.165, 1.54) is 0 Å². The van der Waals surface area contributed by atoms with Crippen molar-refractivity contribution in [1.29, 1.82) is 0 Å². The van der Waals surface area contributed by atoms with Crippen molar-refractivity contribution in [2.45, 2.75) is 19.5 Å². The fourth-order valence-electron chi connectivity index (χ4n) is 2.01. The third-order valence-corrected chi connectivity index (χ3v) is 3.16. The number of aryl methyl sites for hydroxylation is 1. The molecule has 0 aliphatic rings. The highest BCUT2D eigenvalue weighted by Gasteiger charge is 2.38. The number of halogens is 3. The van der Waals surface area contributed by atoms with Gasteiger partial charge in [0.05, 0.1) is 6.61 Å². The van der Waals surface area contributed by atoms with Gasteiger partial charge < -0.3 is 9.26 Å². The van der Waals surface area contributed by atoms with Gasteiger partial charge in [0.25, 0.3) is 0 Å². The summed E-state index contributed by atoms with van der Waals surface area (Å²) in [6.07, 6.45) is -2.96. The van der Waals surface area contributed by atoms with Gasteiger partial charge in [-0.15, -0.1) is 6.58 Å². The summed E-state index contributed by atoms with van der Waals surface area (Å²) in [5.74, 6) is -1.65. The molecular formula is C16H15F3N2O3. The minimum absolute atomic E-state index is 0.0208. The fraction of sp³-hybridized carbons (Fsp3) is 0.312. The Labute approximate surface area is 136 Å². The first-order chi connectivity index (χ1) is 11.3. The molecule has 0 fully saturated rings. The van der Waals surface area contributed by atoms with Crippen molar-refractivity contribution < 1.29 is 27.2 Å². The van der Waals surface area contributed by atoms with Crippen LogP contribution in [0.15, 0.2) is 35.4 Å². The molecule has 128 valence electrons. The number of alkyl halides is 3. The molecule has 24 heavy (non-hydrogen) atoms. The predicted octanol–water partition coefficient (Wildman–Crippen LogP) is 3.38. The average Bonchev–Trinajstić information content (AvgIpc) is 2.99. The molecule has 0 N–H and O–H groups in total. The first-order valence-electron chi connectivity index (χ1n) is 7.02. The van der Waals surface area contributed by atoms with Crippen LogP contribution in [-0.4, -0.2) is 29.1 Å². The van der Waals surface area contributed by atoms with Crippen LogP contribution in [0.1, 0.15) is 17.0 Å². The zero-order valence-corrected chi connectivity index (χ0v) is 12.9. The number of rotatable bonds is 7. The second-order valence-corrected chi connectivity index (χ2v) is 5.08. The van der Waals surface area contributed by atoms with Gasteiger partial charge in [-0.05, 0) is 24.1 Å². The van der Waals surface area contributed by atoms with Gasteiger partial charge in [0.15, 0.2) is 5.78 Å². The fourth-order valence-corrected chi connectivity index (χ4v) is 2.01. The molecule has 0 amide bonds. The minimum Gasteiger partial charge on any atom is -0.370 e. The van der Waals surface area contributed by atoms with Gasteiger partial charge in [-0.25, -0.2) is 0 Å². The van der Waals surface area contributed by atoms with Crippen LogP contribution in [0, 0.1) is 6.92 Å². The lowest BCUT2D eigenvalue weighted by molar-refractivity contribution is -0.159. The molecule has 0 atom stereocenters. The predicted molar refractivity (Wildman–Crippen MR) is 79.2 cm³/mol. The van der Waals surface area contributed by atoms with Crippen molar-refractivity contribution in [2.24, 2.45) is 0 Å². The lowest BCUT2D eigenvalue weighted by Gasteiger charge is -2.07. The molecule has 8 heteroatoms. The van der Waals surface area contributed by atoms with E-state index in [9.17, 15) is 18.0 Å². The van der Waals surface area contributed by atoms with Crippen LogP contribution < -0.4 is 0 Å². The van der Waals surface area contributed by atoms with E-state index in [-0.39, 0.29) is 24.6 Å². The highest BCUT2D eigenvalue weighted by Crippen LogP contribution is 2.29. The minimum atomic E-state index is -4.68.